The maximum Gasteiger partial charge on any atom is 0.0575 e. The summed E-state index contributed by atoms with van der Waals surface area (Å²) >= 11 is 0. The molecule has 2 heteroatoms. The van der Waals surface area contributed by atoms with E-state index in [1.165, 1.54) is 19.3 Å². The summed E-state index contributed by atoms with van der Waals surface area (Å²) in [6, 6.07) is 0. The van der Waals surface area contributed by atoms with E-state index in [-0.39, 0.29) is 11.6 Å². The second-order valence-corrected chi connectivity index (χ2v) is 5.20. The quantitative estimate of drug-likeness (QED) is 0.575. The first kappa shape index (κ1) is 8.52. The molecule has 1 spiro atoms. The Hall–Kier alpha value is -0.0800. The van der Waals surface area contributed by atoms with Crippen LogP contribution in [0.1, 0.15) is 46.0 Å². The van der Waals surface area contributed by atoms with Crippen molar-refractivity contribution in [1.29, 1.82) is 0 Å². The first-order chi connectivity index (χ1) is 5.52. The molecule has 2 rings (SSSR count). The average Bonchev–Trinajstić information content (AvgIpc) is 1.79. The minimum absolute atomic E-state index is 0.0819. The van der Waals surface area contributed by atoms with E-state index in [4.69, 9.17) is 0 Å². The van der Waals surface area contributed by atoms with Crippen molar-refractivity contribution in [3.05, 3.63) is 0 Å². The first-order valence-corrected chi connectivity index (χ1v) is 4.99. The lowest BCUT2D eigenvalue weighted by atomic mass is 9.67. The zero-order chi connectivity index (χ0) is 8.82. The second-order valence-electron chi connectivity index (χ2n) is 5.20. The number of hydrogen-bond acceptors (Lipinski definition) is 2. The molecule has 2 fully saturated rings. The maximum atomic E-state index is 9.71. The SMILES string of the molecule is CC1(C)CC(O)CC2(CCC2)N1. The molecule has 1 saturated heterocycles. The van der Waals surface area contributed by atoms with Gasteiger partial charge < -0.3 is 10.4 Å². The van der Waals surface area contributed by atoms with Gasteiger partial charge in [0, 0.05) is 11.1 Å². The van der Waals surface area contributed by atoms with Crippen molar-refractivity contribution in [2.45, 2.75) is 63.1 Å². The zero-order valence-electron chi connectivity index (χ0n) is 8.06. The number of aliphatic hydroxyl groups is 1. The van der Waals surface area contributed by atoms with Crippen molar-refractivity contribution in [1.82, 2.24) is 5.32 Å². The number of aliphatic hydroxyl groups excluding tert-OH is 1. The fourth-order valence-electron chi connectivity index (χ4n) is 2.86. The molecular weight excluding hydrogens is 150 g/mol. The number of nitrogens with one attached hydrogen (secondary N) is 1. The van der Waals surface area contributed by atoms with Crippen LogP contribution in [-0.2, 0) is 0 Å². The highest BCUT2D eigenvalue weighted by molar-refractivity contribution is 5.06. The van der Waals surface area contributed by atoms with E-state index in [0.29, 0.717) is 5.54 Å². The number of rotatable bonds is 0. The molecule has 2 aliphatic rings. The molecule has 2 nitrogen and oxygen atoms in total. The predicted molar refractivity (Wildman–Crippen MR) is 49.0 cm³/mol. The van der Waals surface area contributed by atoms with Crippen molar-refractivity contribution >= 4 is 0 Å². The molecule has 0 radical (unpaired) electrons. The highest BCUT2D eigenvalue weighted by atomic mass is 16.3. The topological polar surface area (TPSA) is 32.3 Å². The van der Waals surface area contributed by atoms with Crippen LogP contribution >= 0.6 is 0 Å². The third-order valence-electron chi connectivity index (χ3n) is 3.29. The predicted octanol–water partition coefficient (Wildman–Crippen LogP) is 1.43. The van der Waals surface area contributed by atoms with E-state index in [1.807, 2.05) is 0 Å². The summed E-state index contributed by atoms with van der Waals surface area (Å²) < 4.78 is 0. The monoisotopic (exact) mass is 169 g/mol. The van der Waals surface area contributed by atoms with E-state index in [0.717, 1.165) is 12.8 Å². The first-order valence-electron chi connectivity index (χ1n) is 4.99. The van der Waals surface area contributed by atoms with Crippen LogP contribution in [0.15, 0.2) is 0 Å². The molecule has 0 amide bonds. The van der Waals surface area contributed by atoms with Crippen LogP contribution in [0, 0.1) is 0 Å². The lowest BCUT2D eigenvalue weighted by Crippen LogP contribution is -2.64. The molecule has 1 unspecified atom stereocenters. The van der Waals surface area contributed by atoms with Crippen molar-refractivity contribution in [3.8, 4) is 0 Å². The van der Waals surface area contributed by atoms with Gasteiger partial charge in [-0.2, -0.15) is 0 Å². The third-order valence-corrected chi connectivity index (χ3v) is 3.29. The van der Waals surface area contributed by atoms with Gasteiger partial charge in [-0.05, 0) is 46.0 Å². The summed E-state index contributed by atoms with van der Waals surface area (Å²) in [5, 5.41) is 13.4. The number of piperidine rings is 1. The second kappa shape index (κ2) is 2.46. The van der Waals surface area contributed by atoms with Crippen LogP contribution in [0.5, 0.6) is 0 Å². The molecule has 70 valence electrons. The van der Waals surface area contributed by atoms with Crippen LogP contribution in [0.25, 0.3) is 0 Å². The molecule has 0 bridgehead atoms. The Bertz CT molecular complexity index is 184. The van der Waals surface area contributed by atoms with Gasteiger partial charge in [0.15, 0.2) is 0 Å². The van der Waals surface area contributed by atoms with Gasteiger partial charge in [-0.1, -0.05) is 0 Å². The van der Waals surface area contributed by atoms with Gasteiger partial charge in [-0.15, -0.1) is 0 Å². The minimum atomic E-state index is -0.0819. The Labute approximate surface area is 74.4 Å². The van der Waals surface area contributed by atoms with Gasteiger partial charge in [0.1, 0.15) is 0 Å². The van der Waals surface area contributed by atoms with Crippen molar-refractivity contribution in [2.24, 2.45) is 0 Å². The van der Waals surface area contributed by atoms with Gasteiger partial charge >= 0.3 is 0 Å². The fraction of sp³-hybridized carbons (Fsp3) is 1.00. The van der Waals surface area contributed by atoms with E-state index in [2.05, 4.69) is 19.2 Å². The van der Waals surface area contributed by atoms with E-state index >= 15 is 0 Å². The van der Waals surface area contributed by atoms with Gasteiger partial charge in [0.25, 0.3) is 0 Å². The third kappa shape index (κ3) is 1.38. The normalized spacial score (nSPS) is 37.8. The molecule has 2 N–H and O–H groups in total. The smallest absolute Gasteiger partial charge is 0.0575 e. The molecule has 0 aromatic rings. The van der Waals surface area contributed by atoms with Gasteiger partial charge in [-0.3, -0.25) is 0 Å². The summed E-state index contributed by atoms with van der Waals surface area (Å²) in [5.74, 6) is 0. The largest absolute Gasteiger partial charge is 0.393 e. The van der Waals surface area contributed by atoms with E-state index in [9.17, 15) is 5.11 Å². The highest BCUT2D eigenvalue weighted by Gasteiger charge is 2.46. The van der Waals surface area contributed by atoms with Crippen molar-refractivity contribution < 1.29 is 5.11 Å². The maximum absolute atomic E-state index is 9.71. The Kier molecular flexibility index (Phi) is 1.74. The summed E-state index contributed by atoms with van der Waals surface area (Å²) in [7, 11) is 0. The van der Waals surface area contributed by atoms with Crippen LogP contribution in [0.3, 0.4) is 0 Å². The Morgan fingerprint density at radius 1 is 1.25 bits per heavy atom. The molecule has 0 aromatic carbocycles. The summed E-state index contributed by atoms with van der Waals surface area (Å²) in [6.07, 6.45) is 5.63. The molecule has 1 saturated carbocycles. The molecule has 1 aliphatic carbocycles. The van der Waals surface area contributed by atoms with Gasteiger partial charge in [-0.25, -0.2) is 0 Å². The summed E-state index contributed by atoms with van der Waals surface area (Å²) in [6.45, 7) is 4.38. The van der Waals surface area contributed by atoms with Crippen LogP contribution < -0.4 is 5.32 Å². The fourth-order valence-corrected chi connectivity index (χ4v) is 2.86. The lowest BCUT2D eigenvalue weighted by molar-refractivity contribution is -0.00887. The molecule has 12 heavy (non-hydrogen) atoms. The van der Waals surface area contributed by atoms with Crippen molar-refractivity contribution in [2.75, 3.05) is 0 Å². The summed E-state index contributed by atoms with van der Waals surface area (Å²) in [5.41, 5.74) is 0.444. The Morgan fingerprint density at radius 3 is 2.33 bits per heavy atom. The minimum Gasteiger partial charge on any atom is -0.393 e. The van der Waals surface area contributed by atoms with Crippen LogP contribution in [-0.4, -0.2) is 22.3 Å². The van der Waals surface area contributed by atoms with Crippen LogP contribution in [0.2, 0.25) is 0 Å². The van der Waals surface area contributed by atoms with Crippen LogP contribution in [0.4, 0.5) is 0 Å². The molecule has 1 atom stereocenters. The zero-order valence-corrected chi connectivity index (χ0v) is 8.06. The number of hydrogen-bond donors (Lipinski definition) is 2. The molecule has 1 aliphatic heterocycles. The molecule has 0 aromatic heterocycles. The van der Waals surface area contributed by atoms with Crippen molar-refractivity contribution in [3.63, 3.8) is 0 Å². The Morgan fingerprint density at radius 2 is 1.92 bits per heavy atom. The molecule has 1 heterocycles. The molecular formula is C10H19NO. The van der Waals surface area contributed by atoms with E-state index < -0.39 is 0 Å². The standard InChI is InChI=1S/C10H19NO/c1-9(2)6-8(12)7-10(11-9)4-3-5-10/h8,11-12H,3-7H2,1-2H3. The van der Waals surface area contributed by atoms with Gasteiger partial charge in [0.05, 0.1) is 6.10 Å². The van der Waals surface area contributed by atoms with Gasteiger partial charge in [0.2, 0.25) is 0 Å². The average molecular weight is 169 g/mol. The van der Waals surface area contributed by atoms with E-state index in [1.54, 1.807) is 0 Å². The highest BCUT2D eigenvalue weighted by Crippen LogP contribution is 2.42. The summed E-state index contributed by atoms with van der Waals surface area (Å²) in [4.78, 5) is 0. The Balaban J connectivity index is 2.08. The lowest BCUT2D eigenvalue weighted by Gasteiger charge is -2.53.